The van der Waals surface area contributed by atoms with Crippen LogP contribution >= 0.6 is 0 Å². The monoisotopic (exact) mass is 400 g/mol. The van der Waals surface area contributed by atoms with Gasteiger partial charge in [-0.3, -0.25) is 0 Å². The van der Waals surface area contributed by atoms with Crippen molar-refractivity contribution in [3.8, 4) is 0 Å². The molecule has 2 aromatic carbocycles. The third-order valence-electron chi connectivity index (χ3n) is 3.97. The minimum Gasteiger partial charge on any atom is -0.207 e. The lowest BCUT2D eigenvalue weighted by atomic mass is 9.94. The van der Waals surface area contributed by atoms with Crippen molar-refractivity contribution in [2.75, 3.05) is 0 Å². The van der Waals surface area contributed by atoms with Gasteiger partial charge in [0.25, 0.3) is 0 Å². The zero-order valence-electron chi connectivity index (χ0n) is 12.7. The summed E-state index contributed by atoms with van der Waals surface area (Å²) in [6.07, 6.45) is 0. The quantitative estimate of drug-likeness (QED) is 0.537. The molecule has 0 radical (unpaired) electrons. The van der Waals surface area contributed by atoms with Crippen molar-refractivity contribution >= 4 is 11.1 Å². The summed E-state index contributed by atoms with van der Waals surface area (Å²) < 4.78 is 138. The van der Waals surface area contributed by atoms with Crippen LogP contribution in [0, 0.1) is 23.3 Å². The van der Waals surface area contributed by atoms with Crippen molar-refractivity contribution in [1.82, 2.24) is 0 Å². The number of allylic oxidation sites excluding steroid dienone is 2. The molecule has 1 aliphatic rings. The lowest BCUT2D eigenvalue weighted by molar-refractivity contribution is -0.254. The molecule has 0 aliphatic heterocycles. The molecule has 0 saturated carbocycles. The van der Waals surface area contributed by atoms with E-state index >= 15 is 0 Å². The van der Waals surface area contributed by atoms with Crippen molar-refractivity contribution in [2.24, 2.45) is 0 Å². The minimum atomic E-state index is -6.02. The largest absolute Gasteiger partial charge is 0.380 e. The second kappa shape index (κ2) is 5.74. The van der Waals surface area contributed by atoms with Gasteiger partial charge in [-0.15, -0.1) is 0 Å². The van der Waals surface area contributed by atoms with Crippen molar-refractivity contribution in [1.29, 1.82) is 0 Å². The summed E-state index contributed by atoms with van der Waals surface area (Å²) in [5.74, 6) is -23.2. The van der Waals surface area contributed by atoms with Crippen LogP contribution in [0.25, 0.3) is 11.1 Å². The Morgan fingerprint density at radius 1 is 0.444 bits per heavy atom. The Hall–Kier alpha value is -2.52. The molecule has 27 heavy (non-hydrogen) atoms. The zero-order chi connectivity index (χ0) is 20.4. The maximum atomic E-state index is 14.2. The molecule has 0 nitrogen and oxygen atoms in total. The van der Waals surface area contributed by atoms with Gasteiger partial charge in [0.2, 0.25) is 0 Å². The van der Waals surface area contributed by atoms with Gasteiger partial charge in [0.1, 0.15) is 23.3 Å². The van der Waals surface area contributed by atoms with E-state index in [0.717, 1.165) is 0 Å². The van der Waals surface area contributed by atoms with Gasteiger partial charge >= 0.3 is 17.8 Å². The fourth-order valence-electron chi connectivity index (χ4n) is 2.87. The van der Waals surface area contributed by atoms with Gasteiger partial charge < -0.3 is 0 Å². The molecule has 2 aromatic rings. The zero-order valence-corrected chi connectivity index (χ0v) is 12.7. The second-order valence-electron chi connectivity index (χ2n) is 5.79. The second-order valence-corrected chi connectivity index (χ2v) is 5.79. The third kappa shape index (κ3) is 2.69. The molecule has 1 aliphatic carbocycles. The van der Waals surface area contributed by atoms with E-state index in [1.807, 2.05) is 0 Å². The summed E-state index contributed by atoms with van der Waals surface area (Å²) in [6, 6.07) is 0.960. The number of hydrogen-bond acceptors (Lipinski definition) is 0. The molecule has 144 valence electrons. The van der Waals surface area contributed by atoms with Crippen LogP contribution in [0.2, 0.25) is 0 Å². The van der Waals surface area contributed by atoms with E-state index in [1.165, 1.54) is 0 Å². The summed E-state index contributed by atoms with van der Waals surface area (Å²) in [4.78, 5) is 0. The van der Waals surface area contributed by atoms with E-state index in [4.69, 9.17) is 0 Å². The first-order chi connectivity index (χ1) is 12.3. The lowest BCUT2D eigenvalue weighted by Gasteiger charge is -2.25. The number of alkyl halides is 6. The lowest BCUT2D eigenvalue weighted by Crippen LogP contribution is -2.48. The Bertz CT molecular complexity index is 842. The normalized spacial score (nSPS) is 20.2. The molecule has 0 saturated heterocycles. The van der Waals surface area contributed by atoms with Crippen LogP contribution in [0.3, 0.4) is 0 Å². The summed E-state index contributed by atoms with van der Waals surface area (Å²) in [6.45, 7) is 0. The van der Waals surface area contributed by atoms with Crippen LogP contribution in [0.1, 0.15) is 11.1 Å². The molecule has 0 fully saturated rings. The van der Waals surface area contributed by atoms with Gasteiger partial charge in [-0.1, -0.05) is 0 Å². The number of benzene rings is 2. The molecule has 0 atom stereocenters. The van der Waals surface area contributed by atoms with E-state index in [9.17, 15) is 43.9 Å². The Labute approximate surface area is 144 Å². The standard InChI is InChI=1S/C17H6F10/c18-9-1-7(2-10(19)5-9)13-14(8-3-11(20)6-12(21)4-8)16(24,25)17(26,27)15(13,22)23/h1-6H. The summed E-state index contributed by atoms with van der Waals surface area (Å²) in [5, 5.41) is 0. The number of halogens is 10. The first-order valence-electron chi connectivity index (χ1n) is 7.10. The molecule has 0 aromatic heterocycles. The topological polar surface area (TPSA) is 0 Å². The van der Waals surface area contributed by atoms with Gasteiger partial charge in [0, 0.05) is 23.3 Å². The van der Waals surface area contributed by atoms with Gasteiger partial charge in [-0.2, -0.15) is 26.3 Å². The van der Waals surface area contributed by atoms with Gasteiger partial charge in [-0.25, -0.2) is 17.6 Å². The van der Waals surface area contributed by atoms with E-state index < -0.39 is 63.3 Å². The highest BCUT2D eigenvalue weighted by Crippen LogP contribution is 2.64. The Morgan fingerprint density at radius 2 is 0.704 bits per heavy atom. The minimum absolute atomic E-state index is 0.138. The van der Waals surface area contributed by atoms with Gasteiger partial charge in [0.05, 0.1) is 0 Å². The molecular weight excluding hydrogens is 394 g/mol. The molecule has 0 amide bonds. The van der Waals surface area contributed by atoms with Crippen molar-refractivity contribution < 1.29 is 43.9 Å². The molecule has 0 bridgehead atoms. The van der Waals surface area contributed by atoms with Crippen molar-refractivity contribution in [2.45, 2.75) is 17.8 Å². The van der Waals surface area contributed by atoms with Crippen LogP contribution in [0.5, 0.6) is 0 Å². The summed E-state index contributed by atoms with van der Waals surface area (Å²) in [5.41, 5.74) is -6.87. The predicted octanol–water partition coefficient (Wildman–Crippen LogP) is 6.07. The summed E-state index contributed by atoms with van der Waals surface area (Å²) in [7, 11) is 0. The Morgan fingerprint density at radius 3 is 0.963 bits per heavy atom. The molecule has 0 N–H and O–H groups in total. The number of rotatable bonds is 2. The first-order valence-corrected chi connectivity index (χ1v) is 7.10. The molecule has 3 rings (SSSR count). The van der Waals surface area contributed by atoms with Crippen LogP contribution in [-0.2, 0) is 0 Å². The SMILES string of the molecule is Fc1cc(F)cc(C2=C(c3cc(F)cc(F)c3)C(F)(F)C(F)(F)C2(F)F)c1. The maximum absolute atomic E-state index is 14.2. The first kappa shape index (κ1) is 19.2. The van der Waals surface area contributed by atoms with Crippen LogP contribution in [0.4, 0.5) is 43.9 Å². The highest BCUT2D eigenvalue weighted by atomic mass is 19.3. The fourth-order valence-corrected chi connectivity index (χ4v) is 2.87. The molecule has 10 heteroatoms. The third-order valence-corrected chi connectivity index (χ3v) is 3.97. The molecular formula is C17H6F10. The smallest absolute Gasteiger partial charge is 0.207 e. The molecule has 0 unspecified atom stereocenters. The van der Waals surface area contributed by atoms with Gasteiger partial charge in [-0.05, 0) is 35.4 Å². The maximum Gasteiger partial charge on any atom is 0.380 e. The van der Waals surface area contributed by atoms with Crippen LogP contribution in [-0.4, -0.2) is 17.8 Å². The van der Waals surface area contributed by atoms with Crippen LogP contribution in [0.15, 0.2) is 36.4 Å². The van der Waals surface area contributed by atoms with Crippen molar-refractivity contribution in [3.63, 3.8) is 0 Å². The van der Waals surface area contributed by atoms with E-state index in [-0.39, 0.29) is 36.4 Å². The Kier molecular flexibility index (Phi) is 4.09. The average molecular weight is 400 g/mol. The van der Waals surface area contributed by atoms with E-state index in [2.05, 4.69) is 0 Å². The summed E-state index contributed by atoms with van der Waals surface area (Å²) >= 11 is 0. The highest BCUT2D eigenvalue weighted by Gasteiger charge is 2.80. The predicted molar refractivity (Wildman–Crippen MR) is 74.4 cm³/mol. The van der Waals surface area contributed by atoms with E-state index in [1.54, 1.807) is 0 Å². The van der Waals surface area contributed by atoms with Gasteiger partial charge in [0.15, 0.2) is 0 Å². The fraction of sp³-hybridized carbons (Fsp3) is 0.176. The van der Waals surface area contributed by atoms with Crippen molar-refractivity contribution in [3.05, 3.63) is 70.8 Å². The molecule has 0 heterocycles. The highest BCUT2D eigenvalue weighted by molar-refractivity contribution is 6.01. The number of hydrogen-bond donors (Lipinski definition) is 0. The molecule has 0 spiro atoms. The average Bonchev–Trinajstić information content (AvgIpc) is 2.59. The Balaban J connectivity index is 2.46. The van der Waals surface area contributed by atoms with E-state index in [0.29, 0.717) is 0 Å². The van der Waals surface area contributed by atoms with Crippen LogP contribution < -0.4 is 0 Å².